The van der Waals surface area contributed by atoms with Crippen molar-refractivity contribution >= 4 is 40.9 Å². The molecule has 0 heterocycles. The van der Waals surface area contributed by atoms with E-state index in [1.807, 2.05) is 43.3 Å². The Morgan fingerprint density at radius 1 is 1.17 bits per heavy atom. The van der Waals surface area contributed by atoms with Gasteiger partial charge in [-0.15, -0.1) is 11.8 Å². The Bertz CT molecular complexity index is 692. The fourth-order valence-corrected chi connectivity index (χ4v) is 3.26. The highest BCUT2D eigenvalue weighted by atomic mass is 35.5. The van der Waals surface area contributed by atoms with Crippen LogP contribution in [0.15, 0.2) is 42.5 Å². The number of thioether (sulfide) groups is 1. The van der Waals surface area contributed by atoms with Gasteiger partial charge in [-0.05, 0) is 42.3 Å². The van der Waals surface area contributed by atoms with Gasteiger partial charge < -0.3 is 10.1 Å². The molecule has 24 heavy (non-hydrogen) atoms. The zero-order valence-corrected chi connectivity index (χ0v) is 15.8. The van der Waals surface area contributed by atoms with E-state index in [9.17, 15) is 4.79 Å². The van der Waals surface area contributed by atoms with Crippen molar-refractivity contribution in [3.63, 3.8) is 0 Å². The summed E-state index contributed by atoms with van der Waals surface area (Å²) in [5.74, 6) is 1.90. The smallest absolute Gasteiger partial charge is 0.230 e. The number of hydrogen-bond acceptors (Lipinski definition) is 3. The summed E-state index contributed by atoms with van der Waals surface area (Å²) in [5, 5.41) is 4.07. The second kappa shape index (κ2) is 9.21. The first-order chi connectivity index (χ1) is 11.5. The molecule has 3 nitrogen and oxygen atoms in total. The van der Waals surface area contributed by atoms with E-state index in [-0.39, 0.29) is 11.9 Å². The third kappa shape index (κ3) is 5.62. The van der Waals surface area contributed by atoms with Crippen molar-refractivity contribution in [3.05, 3.63) is 63.6 Å². The van der Waals surface area contributed by atoms with Gasteiger partial charge in [-0.3, -0.25) is 4.79 Å². The van der Waals surface area contributed by atoms with Gasteiger partial charge in [0.25, 0.3) is 0 Å². The lowest BCUT2D eigenvalue weighted by Gasteiger charge is -2.14. The molecule has 0 saturated carbocycles. The minimum Gasteiger partial charge on any atom is -0.497 e. The molecule has 1 N–H and O–H groups in total. The van der Waals surface area contributed by atoms with E-state index in [4.69, 9.17) is 27.9 Å². The van der Waals surface area contributed by atoms with E-state index in [1.165, 1.54) is 11.8 Å². The van der Waals surface area contributed by atoms with Gasteiger partial charge in [-0.1, -0.05) is 41.4 Å². The Kier molecular flexibility index (Phi) is 7.28. The lowest BCUT2D eigenvalue weighted by molar-refractivity contribution is -0.119. The highest BCUT2D eigenvalue weighted by molar-refractivity contribution is 7.99. The van der Waals surface area contributed by atoms with Crippen molar-refractivity contribution < 1.29 is 9.53 Å². The molecule has 0 unspecified atom stereocenters. The minimum absolute atomic E-state index is 0.00313. The molecule has 0 fully saturated rings. The number of carbonyl (C=O) groups is 1. The molecule has 1 atom stereocenters. The molecule has 0 aliphatic rings. The zero-order chi connectivity index (χ0) is 17.5. The Balaban J connectivity index is 1.78. The molecule has 0 spiro atoms. The first-order valence-corrected chi connectivity index (χ1v) is 9.35. The third-order valence-electron chi connectivity index (χ3n) is 3.48. The van der Waals surface area contributed by atoms with Crippen LogP contribution in [0.25, 0.3) is 0 Å². The maximum Gasteiger partial charge on any atom is 0.230 e. The molecule has 6 heteroatoms. The summed E-state index contributed by atoms with van der Waals surface area (Å²) < 4.78 is 5.13. The Labute approximate surface area is 156 Å². The Morgan fingerprint density at radius 3 is 2.50 bits per heavy atom. The number of rotatable bonds is 7. The topological polar surface area (TPSA) is 38.3 Å². The van der Waals surface area contributed by atoms with Gasteiger partial charge >= 0.3 is 0 Å². The van der Waals surface area contributed by atoms with Crippen molar-refractivity contribution in [1.29, 1.82) is 0 Å². The number of benzene rings is 2. The fraction of sp³-hybridized carbons (Fsp3) is 0.278. The molecule has 0 saturated heterocycles. The van der Waals surface area contributed by atoms with Crippen LogP contribution in [0.4, 0.5) is 0 Å². The van der Waals surface area contributed by atoms with Crippen molar-refractivity contribution in [2.45, 2.75) is 18.7 Å². The fourth-order valence-electron chi connectivity index (χ4n) is 2.15. The zero-order valence-electron chi connectivity index (χ0n) is 13.5. The third-order valence-corrected chi connectivity index (χ3v) is 5.22. The Morgan fingerprint density at radius 2 is 1.88 bits per heavy atom. The van der Waals surface area contributed by atoms with Gasteiger partial charge in [-0.2, -0.15) is 0 Å². The van der Waals surface area contributed by atoms with Crippen LogP contribution in [-0.4, -0.2) is 18.8 Å². The standard InChI is InChI=1S/C18H19Cl2NO2S/c1-12(14-4-6-15(23-2)7-5-14)21-18(22)11-24-10-13-3-8-16(19)17(20)9-13/h3-9,12H,10-11H2,1-2H3,(H,21,22)/t12-/m1/s1. The van der Waals surface area contributed by atoms with Crippen molar-refractivity contribution in [2.75, 3.05) is 12.9 Å². The molecule has 2 rings (SSSR count). The normalized spacial score (nSPS) is 11.8. The molecule has 2 aromatic rings. The minimum atomic E-state index is -0.0472. The van der Waals surface area contributed by atoms with Gasteiger partial charge in [0, 0.05) is 5.75 Å². The highest BCUT2D eigenvalue weighted by Crippen LogP contribution is 2.24. The molecular weight excluding hydrogens is 365 g/mol. The average Bonchev–Trinajstić information content (AvgIpc) is 2.58. The molecule has 0 aliphatic heterocycles. The Hall–Kier alpha value is -1.36. The molecular formula is C18H19Cl2NO2S. The predicted octanol–water partition coefficient (Wildman–Crippen LogP) is 5.11. The molecule has 0 aromatic heterocycles. The second-order valence-corrected chi connectivity index (χ2v) is 7.10. The van der Waals surface area contributed by atoms with Crippen LogP contribution in [0.1, 0.15) is 24.1 Å². The van der Waals surface area contributed by atoms with E-state index < -0.39 is 0 Å². The largest absolute Gasteiger partial charge is 0.497 e. The monoisotopic (exact) mass is 383 g/mol. The number of hydrogen-bond donors (Lipinski definition) is 1. The molecule has 0 aliphatic carbocycles. The van der Waals surface area contributed by atoms with Crippen LogP contribution < -0.4 is 10.1 Å². The molecule has 0 radical (unpaired) electrons. The first-order valence-electron chi connectivity index (χ1n) is 7.44. The average molecular weight is 384 g/mol. The van der Waals surface area contributed by atoms with E-state index in [0.29, 0.717) is 21.6 Å². The van der Waals surface area contributed by atoms with Gasteiger partial charge in [0.2, 0.25) is 5.91 Å². The lowest BCUT2D eigenvalue weighted by atomic mass is 10.1. The number of methoxy groups -OCH3 is 1. The van der Waals surface area contributed by atoms with Crippen LogP contribution in [0, 0.1) is 0 Å². The van der Waals surface area contributed by atoms with E-state index in [1.54, 1.807) is 13.2 Å². The summed E-state index contributed by atoms with van der Waals surface area (Å²) >= 11 is 13.4. The quantitative estimate of drug-likeness (QED) is 0.721. The number of nitrogens with one attached hydrogen (secondary N) is 1. The maximum absolute atomic E-state index is 12.1. The summed E-state index contributed by atoms with van der Waals surface area (Å²) in [5.41, 5.74) is 2.09. The summed E-state index contributed by atoms with van der Waals surface area (Å²) in [4.78, 5) is 12.1. The van der Waals surface area contributed by atoms with Crippen molar-refractivity contribution in [3.8, 4) is 5.75 Å². The second-order valence-electron chi connectivity index (χ2n) is 5.30. The van der Waals surface area contributed by atoms with Gasteiger partial charge in [-0.25, -0.2) is 0 Å². The first kappa shape index (κ1) is 19.0. The molecule has 2 aromatic carbocycles. The molecule has 0 bridgehead atoms. The van der Waals surface area contributed by atoms with Crippen LogP contribution in [0.2, 0.25) is 10.0 Å². The number of ether oxygens (including phenoxy) is 1. The molecule has 1 amide bonds. The highest BCUT2D eigenvalue weighted by Gasteiger charge is 2.10. The molecule has 128 valence electrons. The van der Waals surface area contributed by atoms with Crippen LogP contribution in [-0.2, 0) is 10.5 Å². The number of halogens is 2. The predicted molar refractivity (Wildman–Crippen MR) is 102 cm³/mol. The van der Waals surface area contributed by atoms with Gasteiger partial charge in [0.05, 0.1) is 28.9 Å². The SMILES string of the molecule is COc1ccc([C@@H](C)NC(=O)CSCc2ccc(Cl)c(Cl)c2)cc1. The van der Waals surface area contributed by atoms with Gasteiger partial charge in [0.1, 0.15) is 5.75 Å². The van der Waals surface area contributed by atoms with E-state index >= 15 is 0 Å². The van der Waals surface area contributed by atoms with E-state index in [2.05, 4.69) is 5.32 Å². The summed E-state index contributed by atoms with van der Waals surface area (Å²) in [6, 6.07) is 13.1. The summed E-state index contributed by atoms with van der Waals surface area (Å²) in [6.45, 7) is 1.96. The van der Waals surface area contributed by atoms with Crippen LogP contribution in [0.5, 0.6) is 5.75 Å². The van der Waals surface area contributed by atoms with Crippen LogP contribution >= 0.6 is 35.0 Å². The summed E-state index contributed by atoms with van der Waals surface area (Å²) in [6.07, 6.45) is 0. The number of amides is 1. The van der Waals surface area contributed by atoms with Crippen LogP contribution in [0.3, 0.4) is 0 Å². The van der Waals surface area contributed by atoms with Crippen molar-refractivity contribution in [2.24, 2.45) is 0 Å². The number of carbonyl (C=O) groups excluding carboxylic acids is 1. The summed E-state index contributed by atoms with van der Waals surface area (Å²) in [7, 11) is 1.63. The van der Waals surface area contributed by atoms with Crippen molar-refractivity contribution in [1.82, 2.24) is 5.32 Å². The van der Waals surface area contributed by atoms with Gasteiger partial charge in [0.15, 0.2) is 0 Å². The van der Waals surface area contributed by atoms with E-state index in [0.717, 1.165) is 16.9 Å². The maximum atomic E-state index is 12.1. The lowest BCUT2D eigenvalue weighted by Crippen LogP contribution is -2.28.